The number of alkyl halides is 2. The van der Waals surface area contributed by atoms with E-state index < -0.39 is 29.9 Å². The van der Waals surface area contributed by atoms with Crippen LogP contribution in [0.1, 0.15) is 43.6 Å². The number of carbonyl (C=O) groups is 1. The van der Waals surface area contributed by atoms with Crippen LogP contribution in [0, 0.1) is 11.3 Å². The molecule has 1 unspecified atom stereocenters. The summed E-state index contributed by atoms with van der Waals surface area (Å²) < 4.78 is 31.2. The Morgan fingerprint density at radius 1 is 1.16 bits per heavy atom. The lowest BCUT2D eigenvalue weighted by Crippen LogP contribution is -2.42. The molecule has 1 atom stereocenters. The molecule has 3 N–H and O–H groups in total. The molecule has 4 aromatic heterocycles. The van der Waals surface area contributed by atoms with Crippen molar-refractivity contribution < 1.29 is 18.7 Å². The van der Waals surface area contributed by atoms with Gasteiger partial charge in [-0.3, -0.25) is 14.5 Å². The number of nitriles is 1. The molecule has 38 heavy (non-hydrogen) atoms. The van der Waals surface area contributed by atoms with Gasteiger partial charge in [-0.05, 0) is 33.8 Å². The van der Waals surface area contributed by atoms with Crippen LogP contribution < -0.4 is 10.6 Å². The van der Waals surface area contributed by atoms with Crippen LogP contribution in [0.25, 0.3) is 16.9 Å². The molecule has 4 aromatic rings. The van der Waals surface area contributed by atoms with Gasteiger partial charge in [-0.1, -0.05) is 0 Å². The summed E-state index contributed by atoms with van der Waals surface area (Å²) in [6, 6.07) is 3.60. The average Bonchev–Trinajstić information content (AvgIpc) is 3.46. The van der Waals surface area contributed by atoms with Crippen LogP contribution in [0.2, 0.25) is 0 Å². The fourth-order valence-electron chi connectivity index (χ4n) is 3.58. The third kappa shape index (κ3) is 6.09. The molecule has 0 saturated carbocycles. The van der Waals surface area contributed by atoms with Crippen LogP contribution in [0.3, 0.4) is 0 Å². The first-order chi connectivity index (χ1) is 17.8. The van der Waals surface area contributed by atoms with Crippen LogP contribution in [0.5, 0.6) is 0 Å². The SMILES string of the molecule is CC(C)(F)Cn1cc(Nc2cc(-c3cnn4cc(C#N)cnc34)ncc2C(=O)NCC(F)C(C)(C)O)cn1. The second-order valence-electron chi connectivity index (χ2n) is 10.00. The van der Waals surface area contributed by atoms with E-state index in [1.165, 1.54) is 67.9 Å². The second-order valence-corrected chi connectivity index (χ2v) is 10.00. The van der Waals surface area contributed by atoms with Crippen molar-refractivity contribution in [3.63, 3.8) is 0 Å². The molecule has 4 heterocycles. The van der Waals surface area contributed by atoms with Gasteiger partial charge in [0.25, 0.3) is 5.91 Å². The minimum atomic E-state index is -1.69. The molecule has 0 aromatic carbocycles. The first-order valence-electron chi connectivity index (χ1n) is 11.7. The standard InChI is InChI=1S/C25H27F2N9O2/c1-24(2,27)14-35-13-16(8-32-35)34-20-5-19(17-10-33-36-12-15(6-28)7-30-22(17)36)29-9-18(20)23(37)31-11-21(26)25(3,4)38/h5,7-10,12-13,21,38H,11,14H2,1-4H3,(H,29,34)(H,31,37). The number of hydrogen-bond donors (Lipinski definition) is 3. The normalized spacial score (nSPS) is 12.8. The zero-order chi connectivity index (χ0) is 27.7. The molecule has 0 aliphatic heterocycles. The molecule has 1 amide bonds. The summed E-state index contributed by atoms with van der Waals surface area (Å²) in [6.45, 7) is 5.12. The van der Waals surface area contributed by atoms with Crippen molar-refractivity contribution in [3.05, 3.63) is 54.4 Å². The van der Waals surface area contributed by atoms with Crippen molar-refractivity contribution in [2.75, 3.05) is 11.9 Å². The summed E-state index contributed by atoms with van der Waals surface area (Å²) in [4.78, 5) is 21.7. The summed E-state index contributed by atoms with van der Waals surface area (Å²) in [5.41, 5.74) is -0.454. The minimum absolute atomic E-state index is 0.0250. The summed E-state index contributed by atoms with van der Waals surface area (Å²) in [6.07, 6.45) is 7.19. The Morgan fingerprint density at radius 2 is 1.92 bits per heavy atom. The number of rotatable bonds is 9. The van der Waals surface area contributed by atoms with E-state index in [1.54, 1.807) is 12.3 Å². The van der Waals surface area contributed by atoms with Crippen molar-refractivity contribution in [1.82, 2.24) is 34.7 Å². The van der Waals surface area contributed by atoms with Gasteiger partial charge < -0.3 is 15.7 Å². The molecule has 11 nitrogen and oxygen atoms in total. The third-order valence-corrected chi connectivity index (χ3v) is 5.57. The predicted octanol–water partition coefficient (Wildman–Crippen LogP) is 3.19. The lowest BCUT2D eigenvalue weighted by molar-refractivity contribution is -0.00177. The van der Waals surface area contributed by atoms with E-state index >= 15 is 0 Å². The monoisotopic (exact) mass is 523 g/mol. The van der Waals surface area contributed by atoms with Crippen LogP contribution in [0.4, 0.5) is 20.2 Å². The molecular formula is C25H27F2N9O2. The number of fused-ring (bicyclic) bond motifs is 1. The van der Waals surface area contributed by atoms with E-state index in [0.717, 1.165) is 0 Å². The molecule has 0 saturated heterocycles. The van der Waals surface area contributed by atoms with Gasteiger partial charge in [0.1, 0.15) is 17.9 Å². The Morgan fingerprint density at radius 3 is 2.61 bits per heavy atom. The maximum absolute atomic E-state index is 14.2. The van der Waals surface area contributed by atoms with Crippen LogP contribution >= 0.6 is 0 Å². The van der Waals surface area contributed by atoms with E-state index in [1.807, 2.05) is 6.07 Å². The maximum atomic E-state index is 14.2. The minimum Gasteiger partial charge on any atom is -0.387 e. The van der Waals surface area contributed by atoms with Crippen LogP contribution in [-0.2, 0) is 6.54 Å². The van der Waals surface area contributed by atoms with Crippen molar-refractivity contribution in [3.8, 4) is 17.3 Å². The number of hydrogen-bond acceptors (Lipinski definition) is 8. The van der Waals surface area contributed by atoms with Gasteiger partial charge in [-0.15, -0.1) is 0 Å². The van der Waals surface area contributed by atoms with Gasteiger partial charge in [0.2, 0.25) is 0 Å². The smallest absolute Gasteiger partial charge is 0.255 e. The fraction of sp³-hybridized carbons (Fsp3) is 0.360. The van der Waals surface area contributed by atoms with Gasteiger partial charge >= 0.3 is 0 Å². The summed E-state index contributed by atoms with van der Waals surface area (Å²) in [7, 11) is 0. The Bertz CT molecular complexity index is 1510. The quantitative estimate of drug-likeness (QED) is 0.303. The maximum Gasteiger partial charge on any atom is 0.255 e. The fourth-order valence-corrected chi connectivity index (χ4v) is 3.58. The second kappa shape index (κ2) is 10.1. The largest absolute Gasteiger partial charge is 0.387 e. The van der Waals surface area contributed by atoms with E-state index in [-0.39, 0.29) is 12.1 Å². The molecule has 0 fully saturated rings. The number of carbonyl (C=O) groups excluding carboxylic acids is 1. The summed E-state index contributed by atoms with van der Waals surface area (Å²) in [5, 5.41) is 32.9. The Hall–Kier alpha value is -4.44. The Balaban J connectivity index is 1.69. The van der Waals surface area contributed by atoms with E-state index in [0.29, 0.717) is 33.8 Å². The molecule has 0 aliphatic carbocycles. The first-order valence-corrected chi connectivity index (χ1v) is 11.7. The van der Waals surface area contributed by atoms with Crippen LogP contribution in [-0.4, -0.2) is 64.4 Å². The lowest BCUT2D eigenvalue weighted by Gasteiger charge is -2.22. The lowest BCUT2D eigenvalue weighted by atomic mass is 10.0. The highest BCUT2D eigenvalue weighted by Crippen LogP contribution is 2.28. The molecule has 4 rings (SSSR count). The number of nitrogens with zero attached hydrogens (tertiary/aromatic N) is 7. The molecule has 0 bridgehead atoms. The number of anilines is 2. The Kier molecular flexibility index (Phi) is 7.10. The third-order valence-electron chi connectivity index (χ3n) is 5.57. The molecular weight excluding hydrogens is 496 g/mol. The molecule has 13 heteroatoms. The van der Waals surface area contributed by atoms with Crippen molar-refractivity contribution in [1.29, 1.82) is 5.26 Å². The van der Waals surface area contributed by atoms with Gasteiger partial charge in [0.15, 0.2) is 5.65 Å². The van der Waals surface area contributed by atoms with Gasteiger partial charge in [0, 0.05) is 18.6 Å². The molecule has 0 radical (unpaired) electrons. The highest BCUT2D eigenvalue weighted by Gasteiger charge is 2.27. The molecule has 198 valence electrons. The number of halogens is 2. The highest BCUT2D eigenvalue weighted by molar-refractivity contribution is 6.00. The molecule has 0 spiro atoms. The number of aromatic nitrogens is 6. The number of pyridine rings is 1. The van der Waals surface area contributed by atoms with Gasteiger partial charge in [-0.25, -0.2) is 18.3 Å². The number of amides is 1. The van der Waals surface area contributed by atoms with Crippen molar-refractivity contribution in [2.24, 2.45) is 0 Å². The van der Waals surface area contributed by atoms with Gasteiger partial charge in [-0.2, -0.15) is 15.5 Å². The number of nitrogens with one attached hydrogen (secondary N) is 2. The van der Waals surface area contributed by atoms with E-state index in [4.69, 9.17) is 5.26 Å². The summed E-state index contributed by atoms with van der Waals surface area (Å²) in [5.74, 6) is -0.618. The molecule has 0 aliphatic rings. The zero-order valence-electron chi connectivity index (χ0n) is 21.3. The van der Waals surface area contributed by atoms with Crippen molar-refractivity contribution in [2.45, 2.75) is 51.7 Å². The topological polar surface area (TPSA) is 146 Å². The highest BCUT2D eigenvalue weighted by atomic mass is 19.1. The van der Waals surface area contributed by atoms with E-state index in [9.17, 15) is 18.7 Å². The number of aliphatic hydroxyl groups is 1. The first kappa shape index (κ1) is 26.6. The van der Waals surface area contributed by atoms with Crippen molar-refractivity contribution >= 4 is 22.9 Å². The van der Waals surface area contributed by atoms with Gasteiger partial charge in [0.05, 0.1) is 71.0 Å². The zero-order valence-corrected chi connectivity index (χ0v) is 21.3. The average molecular weight is 524 g/mol. The predicted molar refractivity (Wildman–Crippen MR) is 135 cm³/mol. The van der Waals surface area contributed by atoms with E-state index in [2.05, 4.69) is 30.8 Å². The Labute approximate surface area is 217 Å². The van der Waals surface area contributed by atoms with Crippen LogP contribution in [0.15, 0.2) is 43.2 Å². The summed E-state index contributed by atoms with van der Waals surface area (Å²) >= 11 is 0.